The fourth-order valence-corrected chi connectivity index (χ4v) is 4.64. The minimum absolute atomic E-state index is 0.00655. The number of Topliss-reactive ketones (excluding diaryl/α,β-unsaturated/α-hetero) is 2. The first kappa shape index (κ1) is 44.9. The van der Waals surface area contributed by atoms with Crippen LogP contribution in [0.5, 0.6) is 0 Å². The molecule has 1 aliphatic heterocycles. The highest BCUT2D eigenvalue weighted by Crippen LogP contribution is 2.26. The second-order valence-electron chi connectivity index (χ2n) is 12.3. The van der Waals surface area contributed by atoms with Crippen LogP contribution in [0.2, 0.25) is 0 Å². The van der Waals surface area contributed by atoms with Crippen molar-refractivity contribution in [3.63, 3.8) is 0 Å². The van der Waals surface area contributed by atoms with Crippen molar-refractivity contribution in [3.8, 4) is 0 Å². The van der Waals surface area contributed by atoms with Crippen LogP contribution in [0.1, 0.15) is 66.2 Å². The van der Waals surface area contributed by atoms with Gasteiger partial charge in [0.1, 0.15) is 29.3 Å². The van der Waals surface area contributed by atoms with Gasteiger partial charge >= 0.3 is 0 Å². The molecule has 1 rings (SSSR count). The highest BCUT2D eigenvalue weighted by molar-refractivity contribution is 5.77. The van der Waals surface area contributed by atoms with Gasteiger partial charge in [-0.1, -0.05) is 20.3 Å². The van der Waals surface area contributed by atoms with Gasteiger partial charge in [0.05, 0.1) is 85.4 Å². The van der Waals surface area contributed by atoms with Crippen molar-refractivity contribution < 1.29 is 67.7 Å². The molecule has 1 aliphatic rings. The van der Waals surface area contributed by atoms with E-state index in [1.165, 1.54) is 13.8 Å². The van der Waals surface area contributed by atoms with Crippen molar-refractivity contribution in [2.75, 3.05) is 85.8 Å². The molecule has 16 nitrogen and oxygen atoms in total. The molecule has 16 heteroatoms. The highest BCUT2D eigenvalue weighted by atomic mass is 16.7. The number of nitrogens with one attached hydrogen (secondary N) is 2. The Morgan fingerprint density at radius 3 is 1.82 bits per heavy atom. The van der Waals surface area contributed by atoms with Crippen LogP contribution in [-0.2, 0) is 52.3 Å². The Hall–Kier alpha value is -2.12. The van der Waals surface area contributed by atoms with E-state index < -0.39 is 42.7 Å². The van der Waals surface area contributed by atoms with Gasteiger partial charge in [0.25, 0.3) is 0 Å². The van der Waals surface area contributed by atoms with Gasteiger partial charge in [-0.3, -0.25) is 19.2 Å². The summed E-state index contributed by atoms with van der Waals surface area (Å²) in [7, 11) is 0. The summed E-state index contributed by atoms with van der Waals surface area (Å²) in [6.07, 6.45) is -1.59. The molecule has 0 spiro atoms. The molecule has 1 heterocycles. The summed E-state index contributed by atoms with van der Waals surface area (Å²) in [6.45, 7) is 8.16. The number of aliphatic hydroxyl groups excluding tert-OH is 3. The lowest BCUT2D eigenvalue weighted by atomic mass is 9.92. The molecule has 5 unspecified atom stereocenters. The maximum absolute atomic E-state index is 12.7. The molecular formula is C33H60N2O14. The van der Waals surface area contributed by atoms with Crippen molar-refractivity contribution in [3.05, 3.63) is 0 Å². The zero-order valence-electron chi connectivity index (χ0n) is 29.7. The Bertz CT molecular complexity index is 915. The quantitative estimate of drug-likeness (QED) is 0.0604. The van der Waals surface area contributed by atoms with Gasteiger partial charge in [-0.15, -0.1) is 0 Å². The SMILES string of the molecule is CCCCC(=O)NC(COCCC(C)=O)(COCCC(C)=O)COCCC(=O)NCCOCCOCCOC1OC(CO)C(O)C(O)C1C. The molecule has 0 bridgehead atoms. The molecule has 5 N–H and O–H groups in total. The molecule has 5 atom stereocenters. The van der Waals surface area contributed by atoms with E-state index in [1.54, 1.807) is 6.92 Å². The van der Waals surface area contributed by atoms with Gasteiger partial charge in [-0.25, -0.2) is 0 Å². The summed E-state index contributed by atoms with van der Waals surface area (Å²) < 4.78 is 39.3. The summed E-state index contributed by atoms with van der Waals surface area (Å²) in [5, 5.41) is 35.0. The third-order valence-corrected chi connectivity index (χ3v) is 7.61. The minimum atomic E-state index is -1.18. The van der Waals surface area contributed by atoms with E-state index in [-0.39, 0.29) is 109 Å². The minimum Gasteiger partial charge on any atom is -0.394 e. The number of unbranched alkanes of at least 4 members (excludes halogenated alkanes) is 1. The predicted octanol–water partition coefficient (Wildman–Crippen LogP) is -0.329. The van der Waals surface area contributed by atoms with Crippen LogP contribution < -0.4 is 10.6 Å². The van der Waals surface area contributed by atoms with Gasteiger partial charge < -0.3 is 59.1 Å². The van der Waals surface area contributed by atoms with Crippen LogP contribution in [0.3, 0.4) is 0 Å². The van der Waals surface area contributed by atoms with Crippen LogP contribution in [0, 0.1) is 5.92 Å². The van der Waals surface area contributed by atoms with Crippen molar-refractivity contribution in [2.45, 2.75) is 96.4 Å². The number of aliphatic hydroxyl groups is 3. The van der Waals surface area contributed by atoms with Crippen molar-refractivity contribution in [1.82, 2.24) is 10.6 Å². The Morgan fingerprint density at radius 1 is 0.714 bits per heavy atom. The number of ketones is 2. The highest BCUT2D eigenvalue weighted by Gasteiger charge is 2.42. The maximum atomic E-state index is 12.7. The standard InChI is InChI=1S/C33H60N2O14/c1-5-6-7-29(40)35-33(21-45-12-8-24(2)37,22-46-13-9-25(3)38)23-47-14-10-28(39)34-11-15-43-16-17-44-18-19-48-32-26(4)30(41)31(42)27(20-36)49-32/h26-27,30-32,36,41-42H,5-23H2,1-4H3,(H,34,39)(H,35,40). The largest absolute Gasteiger partial charge is 0.394 e. The lowest BCUT2D eigenvalue weighted by Gasteiger charge is -2.40. The number of carbonyl (C=O) groups excluding carboxylic acids is 4. The number of amides is 2. The molecule has 0 saturated carbocycles. The lowest BCUT2D eigenvalue weighted by molar-refractivity contribution is -0.284. The summed E-state index contributed by atoms with van der Waals surface area (Å²) in [5.41, 5.74) is -1.08. The van der Waals surface area contributed by atoms with Crippen LogP contribution >= 0.6 is 0 Å². The van der Waals surface area contributed by atoms with Crippen LogP contribution in [0.15, 0.2) is 0 Å². The third kappa shape index (κ3) is 20.4. The molecule has 0 aromatic heterocycles. The van der Waals surface area contributed by atoms with Crippen LogP contribution in [0.25, 0.3) is 0 Å². The predicted molar refractivity (Wildman–Crippen MR) is 176 cm³/mol. The average molecular weight is 709 g/mol. The summed E-state index contributed by atoms with van der Waals surface area (Å²) in [6, 6.07) is 0. The molecule has 49 heavy (non-hydrogen) atoms. The normalized spacial score (nSPS) is 21.0. The number of ether oxygens (including phenoxy) is 7. The van der Waals surface area contributed by atoms with E-state index in [2.05, 4.69) is 10.6 Å². The molecule has 0 aromatic rings. The average Bonchev–Trinajstić information content (AvgIpc) is 3.06. The Kier molecular flexibility index (Phi) is 24.4. The van der Waals surface area contributed by atoms with Gasteiger partial charge in [0.15, 0.2) is 6.29 Å². The van der Waals surface area contributed by atoms with Crippen molar-refractivity contribution in [1.29, 1.82) is 0 Å². The molecule has 1 saturated heterocycles. The second-order valence-corrected chi connectivity index (χ2v) is 12.3. The number of hydrogen-bond donors (Lipinski definition) is 5. The fraction of sp³-hybridized carbons (Fsp3) is 0.879. The zero-order valence-corrected chi connectivity index (χ0v) is 29.7. The van der Waals surface area contributed by atoms with E-state index in [0.717, 1.165) is 6.42 Å². The van der Waals surface area contributed by atoms with Crippen LogP contribution in [-0.4, -0.2) is 155 Å². The van der Waals surface area contributed by atoms with E-state index in [0.29, 0.717) is 26.1 Å². The maximum Gasteiger partial charge on any atom is 0.222 e. The van der Waals surface area contributed by atoms with Gasteiger partial charge in [0.2, 0.25) is 11.8 Å². The zero-order chi connectivity index (χ0) is 36.5. The topological polar surface area (TPSA) is 218 Å². The summed E-state index contributed by atoms with van der Waals surface area (Å²) in [4.78, 5) is 47.8. The van der Waals surface area contributed by atoms with Gasteiger partial charge in [0, 0.05) is 38.1 Å². The molecule has 2 amide bonds. The summed E-state index contributed by atoms with van der Waals surface area (Å²) in [5.74, 6) is -0.975. The van der Waals surface area contributed by atoms with E-state index in [4.69, 9.17) is 33.2 Å². The Balaban J connectivity index is 2.35. The van der Waals surface area contributed by atoms with Crippen molar-refractivity contribution in [2.24, 2.45) is 5.92 Å². The molecule has 0 aliphatic carbocycles. The lowest BCUT2D eigenvalue weighted by Crippen LogP contribution is -2.58. The smallest absolute Gasteiger partial charge is 0.222 e. The van der Waals surface area contributed by atoms with Gasteiger partial charge in [-0.05, 0) is 20.3 Å². The molecule has 1 fully saturated rings. The third-order valence-electron chi connectivity index (χ3n) is 7.61. The number of rotatable bonds is 30. The number of carbonyl (C=O) groups is 4. The second kappa shape index (κ2) is 26.7. The van der Waals surface area contributed by atoms with Gasteiger partial charge in [-0.2, -0.15) is 0 Å². The van der Waals surface area contributed by atoms with Crippen LogP contribution in [0.4, 0.5) is 0 Å². The molecular weight excluding hydrogens is 648 g/mol. The molecule has 0 radical (unpaired) electrons. The Labute approximate surface area is 289 Å². The van der Waals surface area contributed by atoms with E-state index in [9.17, 15) is 34.5 Å². The number of hydrogen-bond acceptors (Lipinski definition) is 14. The first-order chi connectivity index (χ1) is 23.4. The Morgan fingerprint density at radius 2 is 1.27 bits per heavy atom. The first-order valence-corrected chi connectivity index (χ1v) is 17.1. The fourth-order valence-electron chi connectivity index (χ4n) is 4.64. The summed E-state index contributed by atoms with van der Waals surface area (Å²) >= 11 is 0. The van der Waals surface area contributed by atoms with E-state index in [1.807, 2.05) is 6.92 Å². The molecule has 0 aromatic carbocycles. The molecule has 286 valence electrons. The van der Waals surface area contributed by atoms with Crippen molar-refractivity contribution >= 4 is 23.4 Å². The monoisotopic (exact) mass is 708 g/mol. The van der Waals surface area contributed by atoms with E-state index >= 15 is 0 Å². The first-order valence-electron chi connectivity index (χ1n) is 17.1.